The molecule has 2 nitrogen and oxygen atoms in total. The maximum Gasteiger partial charge on any atom is 0.0983 e. The SMILES string of the molecule is CC1=CC(C)=C(N2C=CN(C3=C(C)C=C(C)C(C)C3C)C2)C(C)C1. The van der Waals surface area contributed by atoms with Crippen LogP contribution in [0, 0.1) is 17.8 Å². The van der Waals surface area contributed by atoms with E-state index >= 15 is 0 Å². The highest BCUT2D eigenvalue weighted by Gasteiger charge is 2.31. The number of allylic oxidation sites excluding steroid dienone is 8. The first kappa shape index (κ1) is 17.1. The van der Waals surface area contributed by atoms with Crippen molar-refractivity contribution in [2.75, 3.05) is 6.67 Å². The number of hydrogen-bond donors (Lipinski definition) is 0. The van der Waals surface area contributed by atoms with Crippen molar-refractivity contribution in [2.24, 2.45) is 17.8 Å². The zero-order valence-corrected chi connectivity index (χ0v) is 16.4. The molecule has 0 amide bonds. The van der Waals surface area contributed by atoms with Crippen LogP contribution in [0.3, 0.4) is 0 Å². The van der Waals surface area contributed by atoms with Crippen LogP contribution in [0.4, 0.5) is 0 Å². The van der Waals surface area contributed by atoms with Gasteiger partial charge in [0.25, 0.3) is 0 Å². The molecule has 0 aromatic carbocycles. The Bertz CT molecular complexity index is 687. The molecule has 0 aromatic heterocycles. The Kier molecular flexibility index (Phi) is 4.50. The molecule has 1 aliphatic heterocycles. The van der Waals surface area contributed by atoms with Gasteiger partial charge in [0.05, 0.1) is 6.67 Å². The predicted octanol–water partition coefficient (Wildman–Crippen LogP) is 5.80. The van der Waals surface area contributed by atoms with Gasteiger partial charge in [-0.2, -0.15) is 0 Å². The molecule has 130 valence electrons. The number of hydrogen-bond acceptors (Lipinski definition) is 2. The maximum absolute atomic E-state index is 2.46. The van der Waals surface area contributed by atoms with Gasteiger partial charge in [0.2, 0.25) is 0 Å². The molecule has 0 radical (unpaired) electrons. The highest BCUT2D eigenvalue weighted by Crippen LogP contribution is 2.39. The molecule has 0 bridgehead atoms. The first-order valence-corrected chi connectivity index (χ1v) is 9.28. The fourth-order valence-corrected chi connectivity index (χ4v) is 4.74. The van der Waals surface area contributed by atoms with Crippen LogP contribution in [0.15, 0.2) is 58.2 Å². The maximum atomic E-state index is 2.46. The lowest BCUT2D eigenvalue weighted by Gasteiger charge is -2.37. The van der Waals surface area contributed by atoms with Crippen LogP contribution in [0.2, 0.25) is 0 Å². The predicted molar refractivity (Wildman–Crippen MR) is 103 cm³/mol. The van der Waals surface area contributed by atoms with E-state index in [0.717, 1.165) is 6.67 Å². The zero-order valence-electron chi connectivity index (χ0n) is 16.4. The summed E-state index contributed by atoms with van der Waals surface area (Å²) in [4.78, 5) is 4.91. The molecule has 24 heavy (non-hydrogen) atoms. The lowest BCUT2D eigenvalue weighted by molar-refractivity contribution is 0.283. The van der Waals surface area contributed by atoms with Crippen LogP contribution in [0.25, 0.3) is 0 Å². The molecule has 0 fully saturated rings. The summed E-state index contributed by atoms with van der Waals surface area (Å²) < 4.78 is 0. The van der Waals surface area contributed by atoms with Crippen molar-refractivity contribution in [2.45, 2.75) is 54.9 Å². The molecule has 0 saturated carbocycles. The zero-order chi connectivity index (χ0) is 17.6. The molecule has 2 aliphatic carbocycles. The quantitative estimate of drug-likeness (QED) is 0.633. The van der Waals surface area contributed by atoms with Crippen LogP contribution in [0.1, 0.15) is 54.9 Å². The third-order valence-electron chi connectivity index (χ3n) is 6.06. The van der Waals surface area contributed by atoms with Gasteiger partial charge < -0.3 is 9.80 Å². The molecule has 2 heteroatoms. The Morgan fingerprint density at radius 1 is 0.792 bits per heavy atom. The summed E-state index contributed by atoms with van der Waals surface area (Å²) in [7, 11) is 0. The molecule has 0 saturated heterocycles. The Morgan fingerprint density at radius 2 is 1.38 bits per heavy atom. The summed E-state index contributed by atoms with van der Waals surface area (Å²) in [5.74, 6) is 1.78. The van der Waals surface area contributed by atoms with E-state index in [4.69, 9.17) is 0 Å². The Hall–Kier alpha value is -1.70. The fraction of sp³-hybridized carbons (Fsp3) is 0.545. The third kappa shape index (κ3) is 2.87. The van der Waals surface area contributed by atoms with Gasteiger partial charge in [-0.15, -0.1) is 0 Å². The summed E-state index contributed by atoms with van der Waals surface area (Å²) in [6.45, 7) is 17.1. The van der Waals surface area contributed by atoms with Crippen molar-refractivity contribution in [1.29, 1.82) is 0 Å². The third-order valence-corrected chi connectivity index (χ3v) is 6.06. The van der Waals surface area contributed by atoms with Crippen LogP contribution in [-0.2, 0) is 0 Å². The van der Waals surface area contributed by atoms with E-state index in [0.29, 0.717) is 17.8 Å². The Balaban J connectivity index is 1.86. The molecule has 3 unspecified atom stereocenters. The fourth-order valence-electron chi connectivity index (χ4n) is 4.74. The summed E-state index contributed by atoms with van der Waals surface area (Å²) in [6.07, 6.45) is 10.4. The van der Waals surface area contributed by atoms with Crippen molar-refractivity contribution in [3.63, 3.8) is 0 Å². The standard InChI is InChI=1S/C22H32N2/c1-14-10-16(3)21(17(4)11-14)23-8-9-24(13-23)22-18(5)12-15(2)19(6)20(22)7/h8-10,12,17,19-20H,11,13H2,1-7H3. The molecule has 0 spiro atoms. The van der Waals surface area contributed by atoms with E-state index < -0.39 is 0 Å². The van der Waals surface area contributed by atoms with Gasteiger partial charge in [-0.3, -0.25) is 0 Å². The molecular weight excluding hydrogens is 292 g/mol. The minimum atomic E-state index is 0.570. The van der Waals surface area contributed by atoms with E-state index in [9.17, 15) is 0 Å². The molecule has 0 N–H and O–H groups in total. The van der Waals surface area contributed by atoms with Gasteiger partial charge in [0.1, 0.15) is 0 Å². The summed E-state index contributed by atoms with van der Waals surface area (Å²) in [5, 5.41) is 0. The largest absolute Gasteiger partial charge is 0.331 e. The molecule has 3 aliphatic rings. The van der Waals surface area contributed by atoms with Crippen molar-refractivity contribution < 1.29 is 0 Å². The van der Waals surface area contributed by atoms with Gasteiger partial charge in [0.15, 0.2) is 0 Å². The van der Waals surface area contributed by atoms with E-state index in [1.54, 1.807) is 0 Å². The lowest BCUT2D eigenvalue weighted by atomic mass is 9.80. The first-order chi connectivity index (χ1) is 11.3. The smallest absolute Gasteiger partial charge is 0.0983 e. The summed E-state index contributed by atoms with van der Waals surface area (Å²) in [5.41, 5.74) is 8.81. The van der Waals surface area contributed by atoms with Gasteiger partial charge in [0, 0.05) is 35.6 Å². The summed E-state index contributed by atoms with van der Waals surface area (Å²) >= 11 is 0. The Morgan fingerprint density at radius 3 is 2.00 bits per heavy atom. The van der Waals surface area contributed by atoms with Crippen LogP contribution < -0.4 is 0 Å². The van der Waals surface area contributed by atoms with Gasteiger partial charge in [-0.05, 0) is 51.2 Å². The van der Waals surface area contributed by atoms with Crippen molar-refractivity contribution in [3.05, 3.63) is 58.2 Å². The molecule has 3 atom stereocenters. The van der Waals surface area contributed by atoms with Crippen molar-refractivity contribution >= 4 is 0 Å². The van der Waals surface area contributed by atoms with E-state index in [2.05, 4.69) is 82.8 Å². The second-order valence-electron chi connectivity index (χ2n) is 8.08. The lowest BCUT2D eigenvalue weighted by Crippen LogP contribution is -2.33. The highest BCUT2D eigenvalue weighted by molar-refractivity contribution is 5.37. The molecule has 0 aromatic rings. The minimum absolute atomic E-state index is 0.570. The van der Waals surface area contributed by atoms with Gasteiger partial charge in [-0.1, -0.05) is 44.1 Å². The van der Waals surface area contributed by atoms with Crippen LogP contribution >= 0.6 is 0 Å². The van der Waals surface area contributed by atoms with Gasteiger partial charge >= 0.3 is 0 Å². The van der Waals surface area contributed by atoms with E-state index in [1.165, 1.54) is 40.1 Å². The second kappa shape index (κ2) is 6.31. The highest BCUT2D eigenvalue weighted by atomic mass is 15.4. The number of nitrogens with zero attached hydrogens (tertiary/aromatic N) is 2. The van der Waals surface area contributed by atoms with Crippen molar-refractivity contribution in [3.8, 4) is 0 Å². The Labute approximate surface area is 147 Å². The molecule has 1 heterocycles. The first-order valence-electron chi connectivity index (χ1n) is 9.28. The monoisotopic (exact) mass is 324 g/mol. The molecular formula is C22H32N2. The topological polar surface area (TPSA) is 6.48 Å². The normalized spacial score (nSPS) is 31.0. The number of rotatable bonds is 2. The van der Waals surface area contributed by atoms with E-state index in [-0.39, 0.29) is 0 Å². The average molecular weight is 325 g/mol. The van der Waals surface area contributed by atoms with Crippen molar-refractivity contribution in [1.82, 2.24) is 9.80 Å². The minimum Gasteiger partial charge on any atom is -0.331 e. The molecule has 3 rings (SSSR count). The summed E-state index contributed by atoms with van der Waals surface area (Å²) in [6, 6.07) is 0. The van der Waals surface area contributed by atoms with E-state index in [1.807, 2.05) is 0 Å². The second-order valence-corrected chi connectivity index (χ2v) is 8.08. The van der Waals surface area contributed by atoms with Gasteiger partial charge in [-0.25, -0.2) is 0 Å². The van der Waals surface area contributed by atoms with Crippen LogP contribution in [-0.4, -0.2) is 16.5 Å². The average Bonchev–Trinajstić information content (AvgIpc) is 2.93. The van der Waals surface area contributed by atoms with Crippen LogP contribution in [0.5, 0.6) is 0 Å².